The van der Waals surface area contributed by atoms with Crippen molar-refractivity contribution in [3.8, 4) is 0 Å². The third-order valence-corrected chi connectivity index (χ3v) is 5.02. The van der Waals surface area contributed by atoms with E-state index in [-0.39, 0.29) is 0 Å². The zero-order chi connectivity index (χ0) is 11.0. The van der Waals surface area contributed by atoms with E-state index in [0.717, 1.165) is 5.92 Å². The van der Waals surface area contributed by atoms with Crippen LogP contribution in [0.5, 0.6) is 0 Å². The van der Waals surface area contributed by atoms with Gasteiger partial charge in [0.05, 0.1) is 0 Å². The van der Waals surface area contributed by atoms with E-state index in [4.69, 9.17) is 0 Å². The highest BCUT2D eigenvalue weighted by Gasteiger charge is 2.29. The smallest absolute Gasteiger partial charge is 0.0483 e. The second-order valence-electron chi connectivity index (χ2n) is 6.80. The monoisotopic (exact) mass is 210 g/mol. The highest BCUT2D eigenvalue weighted by atomic mass is 28.3. The molecule has 0 unspecified atom stereocenters. The Balaban J connectivity index is 2.73. The van der Waals surface area contributed by atoms with Gasteiger partial charge in [0, 0.05) is 8.07 Å². The molecule has 0 amide bonds. The Bertz CT molecular complexity index is 230. The second-order valence-corrected chi connectivity index (χ2v) is 12.3. The Morgan fingerprint density at radius 2 is 1.93 bits per heavy atom. The molecule has 0 aromatic rings. The summed E-state index contributed by atoms with van der Waals surface area (Å²) in [7, 11) is -0.897. The lowest BCUT2D eigenvalue weighted by atomic mass is 9.72. The van der Waals surface area contributed by atoms with Crippen molar-refractivity contribution < 1.29 is 0 Å². The van der Waals surface area contributed by atoms with Gasteiger partial charge in [-0.05, 0) is 30.2 Å². The fourth-order valence-electron chi connectivity index (χ4n) is 2.34. The van der Waals surface area contributed by atoms with Crippen LogP contribution in [0, 0.1) is 11.3 Å². The molecule has 14 heavy (non-hydrogen) atoms. The van der Waals surface area contributed by atoms with Crippen molar-refractivity contribution in [1.29, 1.82) is 0 Å². The van der Waals surface area contributed by atoms with Crippen LogP contribution in [-0.4, -0.2) is 8.07 Å². The highest BCUT2D eigenvalue weighted by Crippen LogP contribution is 2.40. The summed E-state index contributed by atoms with van der Waals surface area (Å²) in [6.45, 7) is 14.6. The summed E-state index contributed by atoms with van der Waals surface area (Å²) in [6, 6.07) is 1.41. The van der Waals surface area contributed by atoms with Gasteiger partial charge < -0.3 is 0 Å². The number of hydrogen-bond donors (Lipinski definition) is 0. The van der Waals surface area contributed by atoms with E-state index in [1.807, 2.05) is 0 Å². The zero-order valence-electron chi connectivity index (χ0n) is 10.8. The number of hydrogen-bond acceptors (Lipinski definition) is 0. The van der Waals surface area contributed by atoms with E-state index >= 15 is 0 Å². The Kier molecular flexibility index (Phi) is 3.30. The zero-order valence-corrected chi connectivity index (χ0v) is 11.8. The Hall–Kier alpha value is -0.0431. The Labute approximate surface area is 90.8 Å². The van der Waals surface area contributed by atoms with Gasteiger partial charge in [0.15, 0.2) is 0 Å². The molecule has 1 aliphatic rings. The van der Waals surface area contributed by atoms with Crippen LogP contribution in [0.3, 0.4) is 0 Å². The maximum atomic E-state index is 2.57. The molecule has 0 aromatic heterocycles. The van der Waals surface area contributed by atoms with Gasteiger partial charge in [-0.3, -0.25) is 0 Å². The van der Waals surface area contributed by atoms with Crippen LogP contribution in [0.4, 0.5) is 0 Å². The molecule has 1 heteroatoms. The summed E-state index contributed by atoms with van der Waals surface area (Å²) >= 11 is 0. The Morgan fingerprint density at radius 3 is 2.36 bits per heavy atom. The first-order valence-corrected chi connectivity index (χ1v) is 9.62. The average Bonchev–Trinajstić information content (AvgIpc) is 1.93. The molecule has 0 aliphatic heterocycles. The molecule has 0 fully saturated rings. The third-order valence-electron chi connectivity index (χ3n) is 3.50. The van der Waals surface area contributed by atoms with E-state index in [1.165, 1.54) is 18.9 Å². The van der Waals surface area contributed by atoms with Gasteiger partial charge in [0.1, 0.15) is 0 Å². The minimum Gasteiger partial charge on any atom is -0.0797 e. The van der Waals surface area contributed by atoms with Gasteiger partial charge >= 0.3 is 0 Å². The SMILES string of the molecule is C[C@@H]1CCC(C[Si](C)(C)C)=CC1(C)C. The molecule has 0 N–H and O–H groups in total. The molecule has 0 saturated heterocycles. The van der Waals surface area contributed by atoms with Crippen LogP contribution in [0.1, 0.15) is 33.6 Å². The van der Waals surface area contributed by atoms with E-state index in [2.05, 4.69) is 46.5 Å². The molecule has 0 nitrogen and oxygen atoms in total. The van der Waals surface area contributed by atoms with Gasteiger partial charge in [-0.15, -0.1) is 0 Å². The van der Waals surface area contributed by atoms with Gasteiger partial charge in [-0.25, -0.2) is 0 Å². The molecule has 0 spiro atoms. The molecule has 1 aliphatic carbocycles. The van der Waals surface area contributed by atoms with Crippen molar-refractivity contribution in [1.82, 2.24) is 0 Å². The fourth-order valence-corrected chi connectivity index (χ4v) is 3.98. The molecule has 82 valence electrons. The minimum absolute atomic E-state index is 0.438. The van der Waals surface area contributed by atoms with Gasteiger partial charge in [-0.1, -0.05) is 52.1 Å². The molecular formula is C13H26Si. The topological polar surface area (TPSA) is 0 Å². The first-order chi connectivity index (χ1) is 6.21. The van der Waals surface area contributed by atoms with Gasteiger partial charge in [0.2, 0.25) is 0 Å². The summed E-state index contributed by atoms with van der Waals surface area (Å²) in [4.78, 5) is 0. The highest BCUT2D eigenvalue weighted by molar-refractivity contribution is 6.76. The minimum atomic E-state index is -0.897. The van der Waals surface area contributed by atoms with E-state index in [9.17, 15) is 0 Å². The fraction of sp³-hybridized carbons (Fsp3) is 0.846. The maximum absolute atomic E-state index is 2.57. The lowest BCUT2D eigenvalue weighted by Crippen LogP contribution is -2.27. The molecule has 0 heterocycles. The van der Waals surface area contributed by atoms with Crippen LogP contribution < -0.4 is 0 Å². The quantitative estimate of drug-likeness (QED) is 0.457. The average molecular weight is 210 g/mol. The number of rotatable bonds is 2. The van der Waals surface area contributed by atoms with Crippen molar-refractivity contribution in [2.45, 2.75) is 59.3 Å². The van der Waals surface area contributed by atoms with Crippen LogP contribution >= 0.6 is 0 Å². The molecule has 1 rings (SSSR count). The molecule has 0 aromatic carbocycles. The van der Waals surface area contributed by atoms with Crippen molar-refractivity contribution in [2.75, 3.05) is 0 Å². The van der Waals surface area contributed by atoms with Crippen molar-refractivity contribution in [3.05, 3.63) is 11.6 Å². The second kappa shape index (κ2) is 3.84. The summed E-state index contributed by atoms with van der Waals surface area (Å²) in [5, 5.41) is 0. The van der Waals surface area contributed by atoms with Crippen LogP contribution in [0.2, 0.25) is 25.7 Å². The lowest BCUT2D eigenvalue weighted by Gasteiger charge is -2.35. The van der Waals surface area contributed by atoms with E-state index in [0.29, 0.717) is 5.41 Å². The van der Waals surface area contributed by atoms with E-state index in [1.54, 1.807) is 5.57 Å². The summed E-state index contributed by atoms with van der Waals surface area (Å²) < 4.78 is 0. The standard InChI is InChI=1S/C13H26Si/c1-11-7-8-12(9-13(11,2)3)10-14(4,5)6/h9,11H,7-8,10H2,1-6H3/t11-/m1/s1. The summed E-state index contributed by atoms with van der Waals surface area (Å²) in [5.74, 6) is 0.855. The first-order valence-electron chi connectivity index (χ1n) is 5.91. The van der Waals surface area contributed by atoms with Gasteiger partial charge in [0.25, 0.3) is 0 Å². The van der Waals surface area contributed by atoms with Crippen molar-refractivity contribution in [2.24, 2.45) is 11.3 Å². The molecular weight excluding hydrogens is 184 g/mol. The predicted molar refractivity (Wildman–Crippen MR) is 68.4 cm³/mol. The molecule has 0 saturated carbocycles. The predicted octanol–water partition coefficient (Wildman–Crippen LogP) is 4.71. The molecule has 1 atom stereocenters. The summed E-state index contributed by atoms with van der Waals surface area (Å²) in [6.07, 6.45) is 5.32. The Morgan fingerprint density at radius 1 is 1.36 bits per heavy atom. The van der Waals surface area contributed by atoms with Gasteiger partial charge in [-0.2, -0.15) is 0 Å². The summed E-state index contributed by atoms with van der Waals surface area (Å²) in [5.41, 5.74) is 2.18. The van der Waals surface area contributed by atoms with Crippen molar-refractivity contribution in [3.63, 3.8) is 0 Å². The van der Waals surface area contributed by atoms with Crippen LogP contribution in [0.25, 0.3) is 0 Å². The molecule has 0 radical (unpaired) electrons. The lowest BCUT2D eigenvalue weighted by molar-refractivity contribution is 0.271. The van der Waals surface area contributed by atoms with E-state index < -0.39 is 8.07 Å². The normalized spacial score (nSPS) is 27.3. The van der Waals surface area contributed by atoms with Crippen molar-refractivity contribution >= 4 is 8.07 Å². The largest absolute Gasteiger partial charge is 0.0797 e. The third kappa shape index (κ3) is 3.27. The first kappa shape index (κ1) is 12.0. The van der Waals surface area contributed by atoms with Crippen LogP contribution in [0.15, 0.2) is 11.6 Å². The van der Waals surface area contributed by atoms with Crippen LogP contribution in [-0.2, 0) is 0 Å². The maximum Gasteiger partial charge on any atom is 0.0483 e. The number of allylic oxidation sites excluding steroid dienone is 2. The molecule has 0 bridgehead atoms.